The second kappa shape index (κ2) is 3.89. The van der Waals surface area contributed by atoms with Gasteiger partial charge in [0.05, 0.1) is 0 Å². The number of benzene rings is 1. The van der Waals surface area contributed by atoms with E-state index in [1.165, 1.54) is 17.7 Å². The van der Waals surface area contributed by atoms with Crippen molar-refractivity contribution in [3.63, 3.8) is 0 Å². The molecule has 2 rings (SSSR count). The Balaban J connectivity index is 2.45. The maximum atomic E-state index is 13.0. The van der Waals surface area contributed by atoms with Crippen molar-refractivity contribution < 1.29 is 8.81 Å². The molecule has 0 fully saturated rings. The number of rotatable bonds is 2. The molecule has 0 unspecified atom stereocenters. The van der Waals surface area contributed by atoms with Crippen molar-refractivity contribution in [2.45, 2.75) is 20.3 Å². The van der Waals surface area contributed by atoms with Crippen LogP contribution in [0.1, 0.15) is 18.2 Å². The predicted octanol–water partition coefficient (Wildman–Crippen LogP) is 3.96. The van der Waals surface area contributed by atoms with Crippen LogP contribution >= 0.6 is 0 Å². The van der Waals surface area contributed by atoms with Gasteiger partial charge in [-0.1, -0.05) is 19.1 Å². The largest absolute Gasteiger partial charge is 0.461 e. The lowest BCUT2D eigenvalue weighted by molar-refractivity contribution is 0.543. The van der Waals surface area contributed by atoms with E-state index in [1.807, 2.05) is 19.1 Å². The van der Waals surface area contributed by atoms with Gasteiger partial charge < -0.3 is 4.42 Å². The second-order valence-electron chi connectivity index (χ2n) is 3.56. The minimum atomic E-state index is -0.236. The first-order chi connectivity index (χ1) is 7.20. The van der Waals surface area contributed by atoms with Crippen molar-refractivity contribution in [2.24, 2.45) is 0 Å². The van der Waals surface area contributed by atoms with E-state index >= 15 is 0 Å². The zero-order chi connectivity index (χ0) is 10.8. The normalized spacial score (nSPS) is 10.6. The molecule has 0 aliphatic carbocycles. The number of furan rings is 1. The Labute approximate surface area is 88.5 Å². The monoisotopic (exact) mass is 204 g/mol. The summed E-state index contributed by atoms with van der Waals surface area (Å²) in [5.74, 6) is 1.42. The van der Waals surface area contributed by atoms with E-state index in [2.05, 4.69) is 6.92 Å². The lowest BCUT2D eigenvalue weighted by Gasteiger charge is -1.95. The quantitative estimate of drug-likeness (QED) is 0.721. The highest BCUT2D eigenvalue weighted by Gasteiger charge is 2.07. The zero-order valence-corrected chi connectivity index (χ0v) is 8.88. The third-order valence-corrected chi connectivity index (χ3v) is 2.51. The molecule has 0 aliphatic heterocycles. The summed E-state index contributed by atoms with van der Waals surface area (Å²) < 4.78 is 18.6. The Morgan fingerprint density at radius 3 is 2.67 bits per heavy atom. The Morgan fingerprint density at radius 2 is 2.07 bits per heavy atom. The van der Waals surface area contributed by atoms with Crippen LogP contribution in [-0.4, -0.2) is 0 Å². The maximum absolute atomic E-state index is 13.0. The van der Waals surface area contributed by atoms with Crippen LogP contribution in [0.3, 0.4) is 0 Å². The summed E-state index contributed by atoms with van der Waals surface area (Å²) in [6.07, 6.45) is 0.935. The molecule has 2 heteroatoms. The summed E-state index contributed by atoms with van der Waals surface area (Å²) in [6.45, 7) is 4.01. The van der Waals surface area contributed by atoms with Crippen molar-refractivity contribution in [1.82, 2.24) is 0 Å². The van der Waals surface area contributed by atoms with Gasteiger partial charge in [-0.15, -0.1) is 0 Å². The van der Waals surface area contributed by atoms with Gasteiger partial charge in [0, 0.05) is 5.56 Å². The average molecular weight is 204 g/mol. The highest BCUT2D eigenvalue weighted by molar-refractivity contribution is 5.58. The van der Waals surface area contributed by atoms with Gasteiger partial charge in [0.2, 0.25) is 0 Å². The van der Waals surface area contributed by atoms with Gasteiger partial charge in [0.15, 0.2) is 0 Å². The third-order valence-electron chi connectivity index (χ3n) is 2.51. The van der Waals surface area contributed by atoms with Gasteiger partial charge in [-0.2, -0.15) is 0 Å². The molecule has 0 N–H and O–H groups in total. The molecule has 0 aliphatic rings. The van der Waals surface area contributed by atoms with E-state index in [0.29, 0.717) is 0 Å². The number of hydrogen-bond donors (Lipinski definition) is 0. The molecule has 0 saturated heterocycles. The summed E-state index contributed by atoms with van der Waals surface area (Å²) >= 11 is 0. The number of hydrogen-bond acceptors (Lipinski definition) is 1. The molecule has 1 nitrogen and oxygen atoms in total. The fraction of sp³-hybridized carbons (Fsp3) is 0.231. The summed E-state index contributed by atoms with van der Waals surface area (Å²) in [7, 11) is 0. The van der Waals surface area contributed by atoms with Crippen molar-refractivity contribution in [2.75, 3.05) is 0 Å². The predicted molar refractivity (Wildman–Crippen MR) is 58.2 cm³/mol. The fourth-order valence-electron chi connectivity index (χ4n) is 1.65. The van der Waals surface area contributed by atoms with Gasteiger partial charge in [-0.25, -0.2) is 4.39 Å². The highest BCUT2D eigenvalue weighted by atomic mass is 19.1. The molecule has 2 aromatic rings. The fourth-order valence-corrected chi connectivity index (χ4v) is 1.65. The standard InChI is InChI=1S/C13H13FO/c1-3-10-8-13(15-9(10)2)11-5-4-6-12(14)7-11/h4-8H,3H2,1-2H3. The molecular weight excluding hydrogens is 191 g/mol. The van der Waals surface area contributed by atoms with E-state index in [-0.39, 0.29) is 5.82 Å². The van der Waals surface area contributed by atoms with Crippen LogP contribution in [0.15, 0.2) is 34.7 Å². The van der Waals surface area contributed by atoms with Gasteiger partial charge in [-0.3, -0.25) is 0 Å². The molecule has 1 heterocycles. The Morgan fingerprint density at radius 1 is 1.27 bits per heavy atom. The van der Waals surface area contributed by atoms with Gasteiger partial charge in [-0.05, 0) is 37.1 Å². The van der Waals surface area contributed by atoms with Crippen molar-refractivity contribution in [3.8, 4) is 11.3 Å². The smallest absolute Gasteiger partial charge is 0.134 e. The molecule has 1 aromatic carbocycles. The first-order valence-electron chi connectivity index (χ1n) is 5.06. The molecule has 0 atom stereocenters. The third kappa shape index (κ3) is 1.94. The van der Waals surface area contributed by atoms with E-state index in [0.717, 1.165) is 23.5 Å². The molecule has 0 bridgehead atoms. The minimum Gasteiger partial charge on any atom is -0.461 e. The van der Waals surface area contributed by atoms with E-state index in [4.69, 9.17) is 4.42 Å². The van der Waals surface area contributed by atoms with Gasteiger partial charge in [0.1, 0.15) is 17.3 Å². The topological polar surface area (TPSA) is 13.1 Å². The van der Waals surface area contributed by atoms with E-state index in [1.54, 1.807) is 6.07 Å². The molecule has 0 radical (unpaired) electrons. The van der Waals surface area contributed by atoms with E-state index in [9.17, 15) is 4.39 Å². The summed E-state index contributed by atoms with van der Waals surface area (Å²) in [6, 6.07) is 8.43. The summed E-state index contributed by atoms with van der Waals surface area (Å²) in [5.41, 5.74) is 1.96. The Hall–Kier alpha value is -1.57. The number of halogens is 1. The molecule has 0 saturated carbocycles. The maximum Gasteiger partial charge on any atom is 0.134 e. The molecule has 0 amide bonds. The SMILES string of the molecule is CCc1cc(-c2cccc(F)c2)oc1C. The van der Waals surface area contributed by atoms with E-state index < -0.39 is 0 Å². The lowest BCUT2D eigenvalue weighted by Crippen LogP contribution is -1.77. The van der Waals surface area contributed by atoms with Crippen LogP contribution in [0.2, 0.25) is 0 Å². The van der Waals surface area contributed by atoms with Crippen LogP contribution < -0.4 is 0 Å². The van der Waals surface area contributed by atoms with Gasteiger partial charge in [0.25, 0.3) is 0 Å². The van der Waals surface area contributed by atoms with Crippen molar-refractivity contribution in [1.29, 1.82) is 0 Å². The molecule has 78 valence electrons. The van der Waals surface area contributed by atoms with Crippen LogP contribution in [0.5, 0.6) is 0 Å². The van der Waals surface area contributed by atoms with Crippen LogP contribution in [0.4, 0.5) is 4.39 Å². The molecule has 0 spiro atoms. The second-order valence-corrected chi connectivity index (χ2v) is 3.56. The van der Waals surface area contributed by atoms with Crippen LogP contribution in [-0.2, 0) is 6.42 Å². The lowest BCUT2D eigenvalue weighted by atomic mass is 10.1. The molecular formula is C13H13FO. The Kier molecular flexibility index (Phi) is 2.58. The first kappa shape index (κ1) is 9.97. The average Bonchev–Trinajstić information content (AvgIpc) is 2.60. The van der Waals surface area contributed by atoms with Crippen molar-refractivity contribution >= 4 is 0 Å². The summed E-state index contributed by atoms with van der Waals surface area (Å²) in [4.78, 5) is 0. The Bertz CT molecular complexity index is 471. The zero-order valence-electron chi connectivity index (χ0n) is 8.88. The van der Waals surface area contributed by atoms with Crippen molar-refractivity contribution in [3.05, 3.63) is 47.5 Å². The van der Waals surface area contributed by atoms with Crippen LogP contribution in [0.25, 0.3) is 11.3 Å². The minimum absolute atomic E-state index is 0.236. The molecule has 15 heavy (non-hydrogen) atoms. The number of aryl methyl sites for hydroxylation is 2. The first-order valence-corrected chi connectivity index (χ1v) is 5.06. The van der Waals surface area contributed by atoms with Gasteiger partial charge >= 0.3 is 0 Å². The van der Waals surface area contributed by atoms with Crippen LogP contribution in [0, 0.1) is 12.7 Å². The summed E-state index contributed by atoms with van der Waals surface area (Å²) in [5, 5.41) is 0. The highest BCUT2D eigenvalue weighted by Crippen LogP contribution is 2.25. The molecule has 1 aromatic heterocycles.